The molecule has 2 fully saturated rings. The topological polar surface area (TPSA) is 54.5 Å². The average Bonchev–Trinajstić information content (AvgIpc) is 2.91. The van der Waals surface area contributed by atoms with E-state index in [0.29, 0.717) is 11.8 Å². The molecule has 1 saturated carbocycles. The van der Waals surface area contributed by atoms with Gasteiger partial charge in [-0.05, 0) is 43.2 Å². The molecule has 0 unspecified atom stereocenters. The first-order valence-electron chi connectivity index (χ1n) is 8.15. The molecule has 126 valence electrons. The summed E-state index contributed by atoms with van der Waals surface area (Å²) in [5.74, 6) is 1.99. The van der Waals surface area contributed by atoms with Gasteiger partial charge in [-0.1, -0.05) is 11.6 Å². The van der Waals surface area contributed by atoms with E-state index in [9.17, 15) is 4.79 Å². The third kappa shape index (κ3) is 3.31. The van der Waals surface area contributed by atoms with E-state index in [1.165, 1.54) is 0 Å². The Hall–Kier alpha value is -1.33. The summed E-state index contributed by atoms with van der Waals surface area (Å²) in [6.45, 7) is 5.46. The van der Waals surface area contributed by atoms with Crippen molar-refractivity contribution < 1.29 is 9.53 Å². The Balaban J connectivity index is 1.75. The Morgan fingerprint density at radius 3 is 2.74 bits per heavy atom. The minimum absolute atomic E-state index is 0.00810. The summed E-state index contributed by atoms with van der Waals surface area (Å²) >= 11 is 6.44. The minimum Gasteiger partial charge on any atom is -0.379 e. The number of pyridine rings is 1. The van der Waals surface area contributed by atoms with Gasteiger partial charge in [0.25, 0.3) is 0 Å². The predicted molar refractivity (Wildman–Crippen MR) is 90.8 cm³/mol. The van der Waals surface area contributed by atoms with Crippen LogP contribution in [0.5, 0.6) is 0 Å². The van der Waals surface area contributed by atoms with Gasteiger partial charge in [0.1, 0.15) is 5.82 Å². The number of aryl methyl sites for hydroxylation is 1. The molecule has 5 nitrogen and oxygen atoms in total. The molecule has 4 atom stereocenters. The van der Waals surface area contributed by atoms with Crippen molar-refractivity contribution in [2.24, 2.45) is 11.8 Å². The third-order valence-corrected chi connectivity index (χ3v) is 5.64. The van der Waals surface area contributed by atoms with Crippen LogP contribution in [-0.4, -0.2) is 43.2 Å². The van der Waals surface area contributed by atoms with E-state index in [4.69, 9.17) is 16.3 Å². The Kier molecular flexibility index (Phi) is 4.78. The predicted octanol–water partition coefficient (Wildman–Crippen LogP) is 2.41. The number of halogens is 1. The van der Waals surface area contributed by atoms with Crippen molar-refractivity contribution in [2.45, 2.75) is 38.8 Å². The maximum atomic E-state index is 11.4. The van der Waals surface area contributed by atoms with Crippen molar-refractivity contribution in [3.63, 3.8) is 0 Å². The number of methoxy groups -OCH3 is 1. The number of hydrogen-bond donors (Lipinski definition) is 1. The van der Waals surface area contributed by atoms with E-state index in [1.807, 2.05) is 19.2 Å². The zero-order valence-electron chi connectivity index (χ0n) is 13.9. The second kappa shape index (κ2) is 6.65. The summed E-state index contributed by atoms with van der Waals surface area (Å²) < 4.78 is 5.62. The normalized spacial score (nSPS) is 30.2. The van der Waals surface area contributed by atoms with Crippen LogP contribution in [0, 0.1) is 18.8 Å². The molecule has 1 N–H and O–H groups in total. The summed E-state index contributed by atoms with van der Waals surface area (Å²) in [6, 6.07) is 2.03. The van der Waals surface area contributed by atoms with Gasteiger partial charge < -0.3 is 15.0 Å². The van der Waals surface area contributed by atoms with Crippen LogP contribution >= 0.6 is 11.6 Å². The van der Waals surface area contributed by atoms with Crippen molar-refractivity contribution in [2.75, 3.05) is 25.1 Å². The van der Waals surface area contributed by atoms with Gasteiger partial charge in [-0.25, -0.2) is 4.98 Å². The smallest absolute Gasteiger partial charge is 0.217 e. The highest BCUT2D eigenvalue weighted by Crippen LogP contribution is 2.40. The van der Waals surface area contributed by atoms with Crippen molar-refractivity contribution in [1.29, 1.82) is 0 Å². The van der Waals surface area contributed by atoms with Crippen molar-refractivity contribution in [3.8, 4) is 0 Å². The number of ether oxygens (including phenoxy) is 1. The fraction of sp³-hybridized carbons (Fsp3) is 0.647. The molecule has 0 radical (unpaired) electrons. The molecule has 0 aromatic carbocycles. The molecular weight excluding hydrogens is 314 g/mol. The van der Waals surface area contributed by atoms with Crippen molar-refractivity contribution >= 4 is 23.3 Å². The van der Waals surface area contributed by atoms with E-state index >= 15 is 0 Å². The van der Waals surface area contributed by atoms with Gasteiger partial charge in [0, 0.05) is 33.3 Å². The van der Waals surface area contributed by atoms with Gasteiger partial charge in [0.05, 0.1) is 17.2 Å². The molecule has 3 rings (SSSR count). The fourth-order valence-corrected chi connectivity index (χ4v) is 4.24. The number of anilines is 1. The largest absolute Gasteiger partial charge is 0.379 e. The van der Waals surface area contributed by atoms with Gasteiger partial charge in [-0.3, -0.25) is 4.79 Å². The summed E-state index contributed by atoms with van der Waals surface area (Å²) in [5, 5.41) is 3.79. The van der Waals surface area contributed by atoms with Crippen molar-refractivity contribution in [1.82, 2.24) is 10.3 Å². The number of nitrogens with zero attached hydrogens (tertiary/aromatic N) is 2. The zero-order chi connectivity index (χ0) is 16.6. The second-order valence-electron chi connectivity index (χ2n) is 6.74. The molecular formula is C17H24ClN3O2. The average molecular weight is 338 g/mol. The van der Waals surface area contributed by atoms with E-state index < -0.39 is 0 Å². The molecule has 1 aromatic rings. The quantitative estimate of drug-likeness (QED) is 0.920. The second-order valence-corrected chi connectivity index (χ2v) is 7.12. The Morgan fingerprint density at radius 2 is 2.09 bits per heavy atom. The monoisotopic (exact) mass is 337 g/mol. The first-order valence-corrected chi connectivity index (χ1v) is 8.53. The number of nitrogens with one attached hydrogen (secondary N) is 1. The van der Waals surface area contributed by atoms with E-state index in [-0.39, 0.29) is 18.1 Å². The van der Waals surface area contributed by atoms with Gasteiger partial charge in [0.2, 0.25) is 5.91 Å². The zero-order valence-corrected chi connectivity index (χ0v) is 14.6. The molecule has 1 saturated heterocycles. The van der Waals surface area contributed by atoms with Crippen LogP contribution in [0.3, 0.4) is 0 Å². The number of carbonyl (C=O) groups is 1. The Morgan fingerprint density at radius 1 is 1.39 bits per heavy atom. The van der Waals surface area contributed by atoms with E-state index in [1.54, 1.807) is 14.0 Å². The molecule has 1 amide bonds. The summed E-state index contributed by atoms with van der Waals surface area (Å²) in [7, 11) is 1.73. The van der Waals surface area contributed by atoms with Crippen LogP contribution in [0.1, 0.15) is 25.3 Å². The highest BCUT2D eigenvalue weighted by atomic mass is 35.5. The lowest BCUT2D eigenvalue weighted by molar-refractivity contribution is -0.121. The molecule has 0 bridgehead atoms. The summed E-state index contributed by atoms with van der Waals surface area (Å²) in [5.41, 5.74) is 1.05. The SMILES string of the molecule is CO[C@@H]1C[C@H]2CN(c3nccc(C)c3Cl)C[C@H]2C[C@H]1NC(C)=O. The molecule has 2 heterocycles. The van der Waals surface area contributed by atoms with Crippen LogP contribution < -0.4 is 10.2 Å². The number of fused-ring (bicyclic) bond motifs is 1. The van der Waals surface area contributed by atoms with Crippen LogP contribution in [0.15, 0.2) is 12.3 Å². The van der Waals surface area contributed by atoms with Crippen LogP contribution in [0.4, 0.5) is 5.82 Å². The first kappa shape index (κ1) is 16.5. The lowest BCUT2D eigenvalue weighted by Crippen LogP contribution is -2.49. The first-order chi connectivity index (χ1) is 11.0. The van der Waals surface area contributed by atoms with Gasteiger partial charge in [0.15, 0.2) is 0 Å². The van der Waals surface area contributed by atoms with E-state index in [2.05, 4.69) is 15.2 Å². The number of rotatable bonds is 3. The highest BCUT2D eigenvalue weighted by Gasteiger charge is 2.43. The standard InChI is InChI=1S/C17H24ClN3O2/c1-10-4-5-19-17(16(10)18)21-8-12-6-14(20-11(2)22)15(23-3)7-13(12)9-21/h4-5,12-15H,6-9H2,1-3H3,(H,20,22)/t12-,13+,14-,15-/m1/s1. The van der Waals surface area contributed by atoms with Gasteiger partial charge in [-0.15, -0.1) is 0 Å². The summed E-state index contributed by atoms with van der Waals surface area (Å²) in [6.07, 6.45) is 3.81. The number of aromatic nitrogens is 1. The molecule has 1 aliphatic heterocycles. The lowest BCUT2D eigenvalue weighted by Gasteiger charge is -2.37. The Bertz CT molecular complexity index is 595. The van der Waals surface area contributed by atoms with Gasteiger partial charge in [-0.2, -0.15) is 0 Å². The third-order valence-electron chi connectivity index (χ3n) is 5.17. The van der Waals surface area contributed by atoms with Crippen molar-refractivity contribution in [3.05, 3.63) is 22.8 Å². The lowest BCUT2D eigenvalue weighted by atomic mass is 9.77. The highest BCUT2D eigenvalue weighted by molar-refractivity contribution is 6.33. The molecule has 6 heteroatoms. The number of hydrogen-bond acceptors (Lipinski definition) is 4. The maximum Gasteiger partial charge on any atom is 0.217 e. The Labute approximate surface area is 142 Å². The molecule has 0 spiro atoms. The van der Waals surface area contributed by atoms with E-state index in [0.717, 1.165) is 42.3 Å². The van der Waals surface area contributed by atoms with Gasteiger partial charge >= 0.3 is 0 Å². The van der Waals surface area contributed by atoms with Crippen LogP contribution in [-0.2, 0) is 9.53 Å². The molecule has 2 aliphatic rings. The molecule has 1 aromatic heterocycles. The maximum absolute atomic E-state index is 11.4. The summed E-state index contributed by atoms with van der Waals surface area (Å²) in [4.78, 5) is 18.2. The fourth-order valence-electron chi connectivity index (χ4n) is 4.01. The molecule has 1 aliphatic carbocycles. The number of amides is 1. The van der Waals surface area contributed by atoms with Crippen LogP contribution in [0.2, 0.25) is 5.02 Å². The van der Waals surface area contributed by atoms with Crippen LogP contribution in [0.25, 0.3) is 0 Å². The minimum atomic E-state index is 0.00810. The molecule has 23 heavy (non-hydrogen) atoms. The number of carbonyl (C=O) groups excluding carboxylic acids is 1.